The Labute approximate surface area is 194 Å². The number of para-hydroxylation sites is 2. The molecule has 10 heteroatoms. The maximum Gasteiger partial charge on any atom is 0.242 e. The fraction of sp³-hybridized carbons (Fsp3) is 0.391. The molecule has 1 atom stereocenters. The van der Waals surface area contributed by atoms with Gasteiger partial charge < -0.3 is 14.8 Å². The van der Waals surface area contributed by atoms with Crippen molar-refractivity contribution >= 4 is 27.5 Å². The first-order valence-corrected chi connectivity index (χ1v) is 12.2. The molecule has 2 N–H and O–H groups in total. The number of aryl methyl sites for hydroxylation is 1. The van der Waals surface area contributed by atoms with E-state index in [2.05, 4.69) is 10.0 Å². The van der Waals surface area contributed by atoms with Crippen LogP contribution in [0.4, 0.5) is 5.69 Å². The van der Waals surface area contributed by atoms with Crippen molar-refractivity contribution in [1.82, 2.24) is 10.0 Å². The van der Waals surface area contributed by atoms with Gasteiger partial charge in [0.15, 0.2) is 0 Å². The average molecular weight is 476 g/mol. The number of hydrogen-bond acceptors (Lipinski definition) is 6. The van der Waals surface area contributed by atoms with Gasteiger partial charge in [-0.1, -0.05) is 29.8 Å². The summed E-state index contributed by atoms with van der Waals surface area (Å²) in [6.07, 6.45) is 1.79. The number of benzene rings is 2. The molecular weight excluding hydrogens is 446 g/mol. The Kier molecular flexibility index (Phi) is 8.43. The lowest BCUT2D eigenvalue weighted by Gasteiger charge is -2.24. The quantitative estimate of drug-likeness (QED) is 0.540. The first-order valence-electron chi connectivity index (χ1n) is 10.7. The van der Waals surface area contributed by atoms with Crippen molar-refractivity contribution in [3.63, 3.8) is 0 Å². The first-order chi connectivity index (χ1) is 15.8. The maximum absolute atomic E-state index is 13.1. The summed E-state index contributed by atoms with van der Waals surface area (Å²) < 4.78 is 38.4. The van der Waals surface area contributed by atoms with Crippen molar-refractivity contribution in [3.8, 4) is 5.75 Å². The third kappa shape index (κ3) is 6.77. The number of methoxy groups -OCH3 is 1. The van der Waals surface area contributed by atoms with E-state index in [1.807, 2.05) is 6.92 Å². The molecular formula is C23H29N3O6S. The minimum atomic E-state index is -3.90. The highest BCUT2D eigenvalue weighted by Crippen LogP contribution is 2.27. The molecule has 0 unspecified atom stereocenters. The second kappa shape index (κ2) is 11.3. The molecule has 1 saturated heterocycles. The topological polar surface area (TPSA) is 114 Å². The minimum Gasteiger partial charge on any atom is -0.495 e. The third-order valence-electron chi connectivity index (χ3n) is 5.27. The lowest BCUT2D eigenvalue weighted by Crippen LogP contribution is -2.46. The number of sulfonamides is 1. The molecule has 0 spiro atoms. The van der Waals surface area contributed by atoms with E-state index in [0.717, 1.165) is 18.4 Å². The summed E-state index contributed by atoms with van der Waals surface area (Å²) in [6, 6.07) is 13.0. The third-order valence-corrected chi connectivity index (χ3v) is 6.69. The number of amides is 2. The average Bonchev–Trinajstić information content (AvgIpc) is 3.34. The van der Waals surface area contributed by atoms with E-state index >= 15 is 0 Å². The monoisotopic (exact) mass is 475 g/mol. The lowest BCUT2D eigenvalue weighted by molar-refractivity contribution is -0.123. The summed E-state index contributed by atoms with van der Waals surface area (Å²) in [7, 11) is -2.44. The first kappa shape index (κ1) is 24.7. The van der Waals surface area contributed by atoms with Crippen LogP contribution in [0.25, 0.3) is 0 Å². The molecule has 1 fully saturated rings. The lowest BCUT2D eigenvalue weighted by atomic mass is 10.2. The Morgan fingerprint density at radius 1 is 1.15 bits per heavy atom. The molecule has 2 aromatic rings. The molecule has 2 amide bonds. The summed E-state index contributed by atoms with van der Waals surface area (Å²) in [6.45, 7) is 2.06. The Hall–Kier alpha value is -2.95. The Morgan fingerprint density at radius 3 is 2.55 bits per heavy atom. The molecule has 0 aliphatic carbocycles. The highest BCUT2D eigenvalue weighted by atomic mass is 32.2. The summed E-state index contributed by atoms with van der Waals surface area (Å²) in [5.41, 5.74) is 1.29. The smallest absolute Gasteiger partial charge is 0.242 e. The Bertz CT molecular complexity index is 1070. The van der Waals surface area contributed by atoms with E-state index in [1.165, 1.54) is 24.1 Å². The zero-order valence-electron chi connectivity index (χ0n) is 18.7. The Balaban J connectivity index is 1.72. The standard InChI is InChI=1S/C23H29N3O6S/c1-17-9-11-19(12-10-17)33(29,30)25-15-23(28)26(20-7-3-4-8-21(20)31-2)16-22(27)24-14-18-6-5-13-32-18/h3-4,7-12,18,25H,5-6,13-16H2,1-2H3,(H,24,27)/t18-/m0/s1. The predicted octanol–water partition coefficient (Wildman–Crippen LogP) is 1.61. The number of nitrogens with zero attached hydrogens (tertiary/aromatic N) is 1. The van der Waals surface area contributed by atoms with Crippen molar-refractivity contribution in [1.29, 1.82) is 0 Å². The van der Waals surface area contributed by atoms with Gasteiger partial charge in [-0.15, -0.1) is 0 Å². The fourth-order valence-corrected chi connectivity index (χ4v) is 4.42. The highest BCUT2D eigenvalue weighted by molar-refractivity contribution is 7.89. The molecule has 0 aromatic heterocycles. The molecule has 178 valence electrons. The van der Waals surface area contributed by atoms with Crippen LogP contribution in [0.2, 0.25) is 0 Å². The van der Waals surface area contributed by atoms with Gasteiger partial charge in [0.05, 0.1) is 30.3 Å². The summed E-state index contributed by atoms with van der Waals surface area (Å²) in [4.78, 5) is 26.9. The molecule has 0 saturated carbocycles. The predicted molar refractivity (Wildman–Crippen MR) is 124 cm³/mol. The molecule has 33 heavy (non-hydrogen) atoms. The molecule has 1 aliphatic heterocycles. The van der Waals surface area contributed by atoms with Crippen LogP contribution in [0.5, 0.6) is 5.75 Å². The summed E-state index contributed by atoms with van der Waals surface area (Å²) in [5, 5.41) is 2.78. The second-order valence-corrected chi connectivity index (χ2v) is 9.50. The van der Waals surface area contributed by atoms with Gasteiger partial charge in [0.1, 0.15) is 12.3 Å². The van der Waals surface area contributed by atoms with E-state index < -0.39 is 22.5 Å². The van der Waals surface area contributed by atoms with Gasteiger partial charge in [-0.3, -0.25) is 14.5 Å². The van der Waals surface area contributed by atoms with Gasteiger partial charge in [-0.2, -0.15) is 0 Å². The molecule has 1 heterocycles. The van der Waals surface area contributed by atoms with Crippen LogP contribution < -0.4 is 19.7 Å². The van der Waals surface area contributed by atoms with Crippen LogP contribution in [-0.2, 0) is 24.3 Å². The highest BCUT2D eigenvalue weighted by Gasteiger charge is 2.25. The van der Waals surface area contributed by atoms with Crippen LogP contribution >= 0.6 is 0 Å². The number of nitrogens with one attached hydrogen (secondary N) is 2. The number of anilines is 1. The fourth-order valence-electron chi connectivity index (χ4n) is 3.45. The molecule has 1 aliphatic rings. The SMILES string of the molecule is COc1ccccc1N(CC(=O)NC[C@@H]1CCCO1)C(=O)CNS(=O)(=O)c1ccc(C)cc1. The second-order valence-electron chi connectivity index (χ2n) is 7.73. The van der Waals surface area contributed by atoms with E-state index in [4.69, 9.17) is 9.47 Å². The number of carbonyl (C=O) groups is 2. The van der Waals surface area contributed by atoms with Crippen molar-refractivity contribution in [2.75, 3.05) is 38.3 Å². The van der Waals surface area contributed by atoms with Crippen molar-refractivity contribution in [2.24, 2.45) is 0 Å². The zero-order chi connectivity index (χ0) is 23.8. The van der Waals surface area contributed by atoms with Crippen molar-refractivity contribution in [3.05, 3.63) is 54.1 Å². The van der Waals surface area contributed by atoms with Crippen LogP contribution in [0.3, 0.4) is 0 Å². The normalized spacial score (nSPS) is 15.8. The minimum absolute atomic E-state index is 0.0364. The Morgan fingerprint density at radius 2 is 1.88 bits per heavy atom. The largest absolute Gasteiger partial charge is 0.495 e. The van der Waals surface area contributed by atoms with Crippen LogP contribution in [0, 0.1) is 6.92 Å². The van der Waals surface area contributed by atoms with Gasteiger partial charge in [0, 0.05) is 13.2 Å². The zero-order valence-corrected chi connectivity index (χ0v) is 19.6. The summed E-state index contributed by atoms with van der Waals surface area (Å²) >= 11 is 0. The van der Waals surface area contributed by atoms with Crippen LogP contribution in [0.15, 0.2) is 53.4 Å². The van der Waals surface area contributed by atoms with E-state index in [9.17, 15) is 18.0 Å². The van der Waals surface area contributed by atoms with Crippen LogP contribution in [-0.4, -0.2) is 59.7 Å². The molecule has 3 rings (SSSR count). The maximum atomic E-state index is 13.1. The van der Waals surface area contributed by atoms with Gasteiger partial charge in [-0.25, -0.2) is 13.1 Å². The van der Waals surface area contributed by atoms with Crippen LogP contribution in [0.1, 0.15) is 18.4 Å². The molecule has 0 bridgehead atoms. The van der Waals surface area contributed by atoms with Gasteiger partial charge in [-0.05, 0) is 44.0 Å². The number of ether oxygens (including phenoxy) is 2. The van der Waals surface area contributed by atoms with Gasteiger partial charge in [0.2, 0.25) is 21.8 Å². The van der Waals surface area contributed by atoms with E-state index in [1.54, 1.807) is 36.4 Å². The molecule has 2 aromatic carbocycles. The van der Waals surface area contributed by atoms with E-state index in [0.29, 0.717) is 24.6 Å². The van der Waals surface area contributed by atoms with E-state index in [-0.39, 0.29) is 23.5 Å². The van der Waals surface area contributed by atoms with Crippen molar-refractivity contribution < 1.29 is 27.5 Å². The van der Waals surface area contributed by atoms with Crippen molar-refractivity contribution in [2.45, 2.75) is 30.8 Å². The van der Waals surface area contributed by atoms with Gasteiger partial charge in [0.25, 0.3) is 0 Å². The van der Waals surface area contributed by atoms with Gasteiger partial charge >= 0.3 is 0 Å². The molecule has 9 nitrogen and oxygen atoms in total. The number of carbonyl (C=O) groups excluding carboxylic acids is 2. The number of hydrogen-bond donors (Lipinski definition) is 2. The summed E-state index contributed by atoms with van der Waals surface area (Å²) in [5.74, 6) is -0.590. The molecule has 0 radical (unpaired) electrons. The number of rotatable bonds is 10.